The van der Waals surface area contributed by atoms with Gasteiger partial charge in [0, 0.05) is 6.04 Å². The van der Waals surface area contributed by atoms with E-state index in [9.17, 15) is 0 Å². The van der Waals surface area contributed by atoms with Crippen LogP contribution in [0.5, 0.6) is 0 Å². The normalized spacial score (nSPS) is 35.3. The number of hydrogen-bond donors (Lipinski definition) is 1. The predicted octanol–water partition coefficient (Wildman–Crippen LogP) is 4.62. The molecule has 1 aliphatic rings. The lowest BCUT2D eigenvalue weighted by molar-refractivity contribution is 0.165. The molecule has 1 aliphatic carbocycles. The van der Waals surface area contributed by atoms with Crippen LogP contribution in [0.2, 0.25) is 0 Å². The van der Waals surface area contributed by atoms with E-state index >= 15 is 0 Å². The fourth-order valence-corrected chi connectivity index (χ4v) is 3.56. The van der Waals surface area contributed by atoms with E-state index in [1.165, 1.54) is 51.4 Å². The first-order chi connectivity index (χ1) is 8.20. The molecule has 17 heavy (non-hydrogen) atoms. The molecule has 102 valence electrons. The minimum Gasteiger partial charge on any atom is -0.317 e. The summed E-state index contributed by atoms with van der Waals surface area (Å²) in [7, 11) is 2.14. The summed E-state index contributed by atoms with van der Waals surface area (Å²) < 4.78 is 0. The Balaban J connectivity index is 2.50. The lowest BCUT2D eigenvalue weighted by Crippen LogP contribution is -2.38. The lowest BCUT2D eigenvalue weighted by atomic mass is 9.72. The Labute approximate surface area is 109 Å². The SMILES string of the molecule is CCCCCC1CCCCC(NC)C(C)[C@@H]1C. The molecule has 0 amide bonds. The number of rotatable bonds is 5. The molecule has 0 saturated heterocycles. The van der Waals surface area contributed by atoms with Crippen LogP contribution in [0.4, 0.5) is 0 Å². The molecule has 1 heteroatoms. The molecule has 0 aromatic carbocycles. The molecule has 0 aromatic rings. The Kier molecular flexibility index (Phi) is 7.18. The summed E-state index contributed by atoms with van der Waals surface area (Å²) in [5.74, 6) is 2.71. The first kappa shape index (κ1) is 15.0. The minimum absolute atomic E-state index is 0.749. The van der Waals surface area contributed by atoms with Crippen LogP contribution >= 0.6 is 0 Å². The standard InChI is InChI=1S/C16H33N/c1-5-6-7-10-15-11-8-9-12-16(17-4)14(3)13(15)2/h13-17H,5-12H2,1-4H3/t13-,14?,15?,16?/m0/s1. The average molecular weight is 239 g/mol. The molecule has 1 rings (SSSR count). The number of hydrogen-bond acceptors (Lipinski definition) is 1. The van der Waals surface area contributed by atoms with E-state index in [1.807, 2.05) is 0 Å². The van der Waals surface area contributed by atoms with Gasteiger partial charge in [-0.25, -0.2) is 0 Å². The Morgan fingerprint density at radius 1 is 1.00 bits per heavy atom. The predicted molar refractivity (Wildman–Crippen MR) is 77.3 cm³/mol. The molecule has 3 unspecified atom stereocenters. The quantitative estimate of drug-likeness (QED) is 0.690. The van der Waals surface area contributed by atoms with Crippen LogP contribution in [-0.4, -0.2) is 13.1 Å². The van der Waals surface area contributed by atoms with Gasteiger partial charge in [-0.1, -0.05) is 65.7 Å². The fraction of sp³-hybridized carbons (Fsp3) is 1.00. The van der Waals surface area contributed by atoms with Gasteiger partial charge in [-0.05, 0) is 31.2 Å². The van der Waals surface area contributed by atoms with Crippen molar-refractivity contribution in [3.63, 3.8) is 0 Å². The van der Waals surface area contributed by atoms with Crippen LogP contribution in [0.3, 0.4) is 0 Å². The second-order valence-electron chi connectivity index (χ2n) is 6.15. The van der Waals surface area contributed by atoms with Gasteiger partial charge in [0.1, 0.15) is 0 Å². The zero-order valence-corrected chi connectivity index (χ0v) is 12.5. The summed E-state index contributed by atoms with van der Waals surface area (Å²) in [6, 6.07) is 0.749. The van der Waals surface area contributed by atoms with Gasteiger partial charge in [0.2, 0.25) is 0 Å². The number of nitrogens with one attached hydrogen (secondary N) is 1. The minimum atomic E-state index is 0.749. The van der Waals surface area contributed by atoms with Gasteiger partial charge >= 0.3 is 0 Å². The van der Waals surface area contributed by atoms with E-state index in [-0.39, 0.29) is 0 Å². The Bertz CT molecular complexity index is 190. The third-order valence-corrected chi connectivity index (χ3v) is 5.10. The summed E-state index contributed by atoms with van der Waals surface area (Å²) in [5.41, 5.74) is 0. The fourth-order valence-electron chi connectivity index (χ4n) is 3.56. The molecule has 1 N–H and O–H groups in total. The van der Waals surface area contributed by atoms with E-state index in [0.29, 0.717) is 0 Å². The first-order valence-electron chi connectivity index (χ1n) is 7.88. The highest BCUT2D eigenvalue weighted by Gasteiger charge is 2.29. The van der Waals surface area contributed by atoms with Crippen molar-refractivity contribution in [2.24, 2.45) is 17.8 Å². The highest BCUT2D eigenvalue weighted by molar-refractivity contribution is 4.82. The largest absolute Gasteiger partial charge is 0.317 e. The van der Waals surface area contributed by atoms with Crippen molar-refractivity contribution < 1.29 is 0 Å². The maximum Gasteiger partial charge on any atom is 0.00923 e. The molecule has 1 fully saturated rings. The molecule has 0 radical (unpaired) electrons. The van der Waals surface area contributed by atoms with Gasteiger partial charge in [-0.3, -0.25) is 0 Å². The molecular weight excluding hydrogens is 206 g/mol. The third-order valence-electron chi connectivity index (χ3n) is 5.10. The van der Waals surface area contributed by atoms with Gasteiger partial charge in [0.15, 0.2) is 0 Å². The number of unbranched alkanes of at least 4 members (excludes halogenated alkanes) is 2. The smallest absolute Gasteiger partial charge is 0.00923 e. The van der Waals surface area contributed by atoms with Crippen molar-refractivity contribution in [2.45, 2.75) is 78.2 Å². The summed E-state index contributed by atoms with van der Waals surface area (Å²) in [5, 5.41) is 3.54. The van der Waals surface area contributed by atoms with E-state index in [4.69, 9.17) is 0 Å². The van der Waals surface area contributed by atoms with E-state index in [0.717, 1.165) is 23.8 Å². The Morgan fingerprint density at radius 3 is 2.35 bits per heavy atom. The molecule has 0 spiro atoms. The van der Waals surface area contributed by atoms with Crippen LogP contribution < -0.4 is 5.32 Å². The second-order valence-corrected chi connectivity index (χ2v) is 6.15. The van der Waals surface area contributed by atoms with Crippen molar-refractivity contribution in [2.75, 3.05) is 7.05 Å². The molecule has 0 aromatic heterocycles. The van der Waals surface area contributed by atoms with Crippen molar-refractivity contribution in [1.29, 1.82) is 0 Å². The van der Waals surface area contributed by atoms with Gasteiger partial charge in [0.05, 0.1) is 0 Å². The van der Waals surface area contributed by atoms with Gasteiger partial charge in [-0.15, -0.1) is 0 Å². The van der Waals surface area contributed by atoms with E-state index in [2.05, 4.69) is 33.1 Å². The van der Waals surface area contributed by atoms with Crippen LogP contribution in [-0.2, 0) is 0 Å². The maximum atomic E-state index is 3.54. The summed E-state index contributed by atoms with van der Waals surface area (Å²) in [6.07, 6.45) is 11.4. The topological polar surface area (TPSA) is 12.0 Å². The van der Waals surface area contributed by atoms with Gasteiger partial charge in [0.25, 0.3) is 0 Å². The average Bonchev–Trinajstić information content (AvgIpc) is 2.34. The Hall–Kier alpha value is -0.0400. The van der Waals surface area contributed by atoms with E-state index < -0.39 is 0 Å². The Morgan fingerprint density at radius 2 is 1.71 bits per heavy atom. The van der Waals surface area contributed by atoms with Crippen LogP contribution in [0.1, 0.15) is 72.1 Å². The molecule has 0 aliphatic heterocycles. The zero-order valence-electron chi connectivity index (χ0n) is 12.5. The summed E-state index contributed by atoms with van der Waals surface area (Å²) in [6.45, 7) is 7.27. The van der Waals surface area contributed by atoms with Crippen molar-refractivity contribution >= 4 is 0 Å². The molecule has 1 nitrogen and oxygen atoms in total. The van der Waals surface area contributed by atoms with Crippen molar-refractivity contribution in [3.05, 3.63) is 0 Å². The molecule has 4 atom stereocenters. The van der Waals surface area contributed by atoms with Crippen LogP contribution in [0.25, 0.3) is 0 Å². The van der Waals surface area contributed by atoms with Crippen molar-refractivity contribution in [3.8, 4) is 0 Å². The zero-order chi connectivity index (χ0) is 12.7. The van der Waals surface area contributed by atoms with Gasteiger partial charge in [-0.2, -0.15) is 0 Å². The van der Waals surface area contributed by atoms with Crippen LogP contribution in [0, 0.1) is 17.8 Å². The molecule has 1 saturated carbocycles. The highest BCUT2D eigenvalue weighted by Crippen LogP contribution is 2.35. The summed E-state index contributed by atoms with van der Waals surface area (Å²) >= 11 is 0. The van der Waals surface area contributed by atoms with Gasteiger partial charge < -0.3 is 5.32 Å². The maximum absolute atomic E-state index is 3.54. The van der Waals surface area contributed by atoms with Crippen LogP contribution in [0.15, 0.2) is 0 Å². The van der Waals surface area contributed by atoms with E-state index in [1.54, 1.807) is 0 Å². The molecule has 0 bridgehead atoms. The molecular formula is C16H33N. The highest BCUT2D eigenvalue weighted by atomic mass is 14.9. The lowest BCUT2D eigenvalue weighted by Gasteiger charge is -2.36. The second kappa shape index (κ2) is 8.13. The monoisotopic (exact) mass is 239 g/mol. The van der Waals surface area contributed by atoms with Crippen molar-refractivity contribution in [1.82, 2.24) is 5.32 Å². The third kappa shape index (κ3) is 4.62. The summed E-state index contributed by atoms with van der Waals surface area (Å²) in [4.78, 5) is 0. The molecule has 0 heterocycles. The first-order valence-corrected chi connectivity index (χ1v) is 7.88.